The van der Waals surface area contributed by atoms with Crippen LogP contribution in [0.2, 0.25) is 0 Å². The maximum atomic E-state index is 11.6. The molecule has 0 aliphatic carbocycles. The largest absolute Gasteiger partial charge is 0.872 e. The Morgan fingerprint density at radius 2 is 2.13 bits per heavy atom. The van der Waals surface area contributed by atoms with E-state index >= 15 is 0 Å². The molecule has 0 atom stereocenters. The smallest absolute Gasteiger partial charge is 0.270 e. The first-order valence-electron chi connectivity index (χ1n) is 6.40. The van der Waals surface area contributed by atoms with Gasteiger partial charge in [0.1, 0.15) is 6.54 Å². The number of hydrogen-bond donors (Lipinski definition) is 1. The summed E-state index contributed by atoms with van der Waals surface area (Å²) in [5, 5.41) is 25.7. The second kappa shape index (κ2) is 6.98. The zero-order valence-corrected chi connectivity index (χ0v) is 11.7. The van der Waals surface area contributed by atoms with Gasteiger partial charge in [-0.2, -0.15) is 5.10 Å². The van der Waals surface area contributed by atoms with E-state index in [1.54, 1.807) is 12.1 Å². The molecule has 0 fully saturated rings. The van der Waals surface area contributed by atoms with Gasteiger partial charge >= 0.3 is 0 Å². The maximum absolute atomic E-state index is 11.6. The van der Waals surface area contributed by atoms with Crippen molar-refractivity contribution in [1.29, 1.82) is 0 Å². The Morgan fingerprint density at radius 3 is 2.83 bits per heavy atom. The fraction of sp³-hybridized carbons (Fsp3) is 0.0714. The molecule has 0 aliphatic heterocycles. The van der Waals surface area contributed by atoms with Crippen LogP contribution >= 0.6 is 0 Å². The first-order chi connectivity index (χ1) is 11.0. The molecule has 1 aromatic heterocycles. The number of carbonyl (C=O) groups excluding carboxylic acids is 1. The molecule has 0 aliphatic rings. The van der Waals surface area contributed by atoms with Crippen molar-refractivity contribution >= 4 is 17.8 Å². The van der Waals surface area contributed by atoms with Crippen molar-refractivity contribution in [1.82, 2.24) is 9.99 Å². The van der Waals surface area contributed by atoms with Gasteiger partial charge in [-0.1, -0.05) is 17.9 Å². The highest BCUT2D eigenvalue weighted by Crippen LogP contribution is 2.18. The van der Waals surface area contributed by atoms with E-state index in [0.29, 0.717) is 0 Å². The molecule has 2 aromatic rings. The van der Waals surface area contributed by atoms with E-state index in [4.69, 9.17) is 0 Å². The lowest BCUT2D eigenvalue weighted by molar-refractivity contribution is -0.385. The number of nitro groups is 1. The molecular weight excluding hydrogens is 304 g/mol. The number of nitrogens with one attached hydrogen (secondary N) is 1. The molecule has 0 unspecified atom stereocenters. The zero-order chi connectivity index (χ0) is 16.8. The van der Waals surface area contributed by atoms with Crippen molar-refractivity contribution in [2.75, 3.05) is 0 Å². The van der Waals surface area contributed by atoms with Gasteiger partial charge in [0.15, 0.2) is 0 Å². The van der Waals surface area contributed by atoms with Gasteiger partial charge in [-0.15, -0.1) is 0 Å². The number of hydrazone groups is 1. The molecule has 1 amide bonds. The molecule has 9 heteroatoms. The van der Waals surface area contributed by atoms with E-state index in [-0.39, 0.29) is 23.4 Å². The predicted molar refractivity (Wildman–Crippen MR) is 79.0 cm³/mol. The first-order valence-corrected chi connectivity index (χ1v) is 6.40. The molecule has 0 saturated carbocycles. The molecule has 0 bridgehead atoms. The van der Waals surface area contributed by atoms with E-state index in [9.17, 15) is 24.8 Å². The quantitative estimate of drug-likeness (QED) is 0.471. The second-order valence-electron chi connectivity index (χ2n) is 4.44. The summed E-state index contributed by atoms with van der Waals surface area (Å²) in [5.74, 6) is -1.04. The molecule has 0 radical (unpaired) electrons. The van der Waals surface area contributed by atoms with Gasteiger partial charge in [0.05, 0.1) is 11.1 Å². The van der Waals surface area contributed by atoms with Crippen LogP contribution in [-0.4, -0.2) is 21.6 Å². The van der Waals surface area contributed by atoms with Crippen molar-refractivity contribution in [3.05, 3.63) is 68.6 Å². The van der Waals surface area contributed by atoms with Crippen molar-refractivity contribution in [2.45, 2.75) is 6.54 Å². The summed E-state index contributed by atoms with van der Waals surface area (Å²) in [6, 6.07) is 7.64. The molecule has 2 rings (SSSR count). The van der Waals surface area contributed by atoms with Crippen molar-refractivity contribution in [3.8, 4) is 5.75 Å². The van der Waals surface area contributed by atoms with Gasteiger partial charge in [-0.05, 0) is 11.6 Å². The second-order valence-corrected chi connectivity index (χ2v) is 4.44. The lowest BCUT2D eigenvalue weighted by atomic mass is 10.2. The van der Waals surface area contributed by atoms with Crippen LogP contribution < -0.4 is 16.1 Å². The molecule has 9 nitrogen and oxygen atoms in total. The molecule has 0 spiro atoms. The minimum absolute atomic E-state index is 0.0311. The first kappa shape index (κ1) is 15.9. The summed E-state index contributed by atoms with van der Waals surface area (Å²) >= 11 is 0. The topological polar surface area (TPSA) is 130 Å². The number of benzene rings is 1. The van der Waals surface area contributed by atoms with Crippen LogP contribution in [0.3, 0.4) is 0 Å². The van der Waals surface area contributed by atoms with Crippen LogP contribution in [0.1, 0.15) is 5.56 Å². The van der Waals surface area contributed by atoms with E-state index in [0.717, 1.165) is 24.4 Å². The number of nitrogens with zero attached hydrogens (tertiary/aromatic N) is 3. The lowest BCUT2D eigenvalue weighted by Gasteiger charge is -2.08. The minimum atomic E-state index is -0.642. The monoisotopic (exact) mass is 315 g/mol. The fourth-order valence-electron chi connectivity index (χ4n) is 1.71. The Morgan fingerprint density at radius 1 is 1.35 bits per heavy atom. The standard InChI is InChI=1S/C14H12N4O5/c19-12-5-4-11(18(22)23)7-10(12)8-15-16-13(20)9-17-6-2-1-3-14(17)21/h1-8,19H,9H2,(H,16,20)/p-1/b15-8-. The summed E-state index contributed by atoms with van der Waals surface area (Å²) in [6.45, 7) is -0.240. The number of pyridine rings is 1. The van der Waals surface area contributed by atoms with Crippen LogP contribution in [0.15, 0.2) is 52.5 Å². The van der Waals surface area contributed by atoms with E-state index in [1.807, 2.05) is 0 Å². The Labute approximate surface area is 129 Å². The molecular formula is C14H11N4O5-. The van der Waals surface area contributed by atoms with E-state index in [2.05, 4.69) is 10.5 Å². The zero-order valence-electron chi connectivity index (χ0n) is 11.7. The van der Waals surface area contributed by atoms with Crippen molar-refractivity contribution in [3.63, 3.8) is 0 Å². The SMILES string of the molecule is O=C(Cn1ccccc1=O)N/N=C\c1cc([N+](=O)[O-])ccc1[O-]. The number of non-ortho nitro benzene ring substituents is 1. The van der Waals surface area contributed by atoms with Crippen LogP contribution in [0.25, 0.3) is 0 Å². The Hall–Kier alpha value is -3.49. The normalized spacial score (nSPS) is 10.6. The number of nitro benzene ring substituents is 1. The molecule has 1 N–H and O–H groups in total. The van der Waals surface area contributed by atoms with Gasteiger partial charge in [-0.3, -0.25) is 19.7 Å². The van der Waals surface area contributed by atoms with Crippen LogP contribution in [0.4, 0.5) is 5.69 Å². The number of amides is 1. The van der Waals surface area contributed by atoms with Gasteiger partial charge in [0.25, 0.3) is 17.2 Å². The summed E-state index contributed by atoms with van der Waals surface area (Å²) < 4.78 is 1.18. The van der Waals surface area contributed by atoms with Crippen LogP contribution in [-0.2, 0) is 11.3 Å². The highest BCUT2D eigenvalue weighted by Gasteiger charge is 2.06. The minimum Gasteiger partial charge on any atom is -0.872 e. The number of rotatable bonds is 5. The highest BCUT2D eigenvalue weighted by atomic mass is 16.6. The van der Waals surface area contributed by atoms with Gasteiger partial charge in [-0.25, -0.2) is 5.43 Å². The number of hydrogen-bond acceptors (Lipinski definition) is 6. The molecule has 0 saturated heterocycles. The Balaban J connectivity index is 2.03. The average molecular weight is 315 g/mol. The highest BCUT2D eigenvalue weighted by molar-refractivity contribution is 5.85. The molecule has 1 aromatic carbocycles. The summed E-state index contributed by atoms with van der Waals surface area (Å²) in [6.07, 6.45) is 2.46. The predicted octanol–water partition coefficient (Wildman–Crippen LogP) is -0.0196. The molecule has 118 valence electrons. The maximum Gasteiger partial charge on any atom is 0.270 e. The lowest BCUT2D eigenvalue weighted by Crippen LogP contribution is -2.29. The fourth-order valence-corrected chi connectivity index (χ4v) is 1.71. The van der Waals surface area contributed by atoms with Crippen LogP contribution in [0, 0.1) is 10.1 Å². The summed E-state index contributed by atoms with van der Waals surface area (Å²) in [7, 11) is 0. The van der Waals surface area contributed by atoms with Crippen molar-refractivity contribution < 1.29 is 14.8 Å². The average Bonchev–Trinajstić information content (AvgIpc) is 2.51. The third kappa shape index (κ3) is 4.24. The van der Waals surface area contributed by atoms with E-state index < -0.39 is 16.6 Å². The van der Waals surface area contributed by atoms with E-state index in [1.165, 1.54) is 16.8 Å². The molecule has 1 heterocycles. The van der Waals surface area contributed by atoms with Gasteiger partial charge < -0.3 is 9.67 Å². The third-order valence-corrected chi connectivity index (χ3v) is 2.81. The summed E-state index contributed by atoms with van der Waals surface area (Å²) in [5.41, 5.74) is 1.52. The van der Waals surface area contributed by atoms with Crippen LogP contribution in [0.5, 0.6) is 5.75 Å². The molecule has 23 heavy (non-hydrogen) atoms. The Bertz CT molecular complexity index is 828. The van der Waals surface area contributed by atoms with Crippen molar-refractivity contribution in [2.24, 2.45) is 5.10 Å². The number of carbonyl (C=O) groups is 1. The number of aromatic nitrogens is 1. The van der Waals surface area contributed by atoms with Gasteiger partial charge in [0.2, 0.25) is 0 Å². The Kier molecular flexibility index (Phi) is 4.82. The summed E-state index contributed by atoms with van der Waals surface area (Å²) in [4.78, 5) is 33.1. The third-order valence-electron chi connectivity index (χ3n) is 2.81. The van der Waals surface area contributed by atoms with Gasteiger partial charge in [0, 0.05) is 24.4 Å².